The first-order valence-electron chi connectivity index (χ1n) is 2.98. The number of aromatic nitrogens is 2. The summed E-state index contributed by atoms with van der Waals surface area (Å²) in [6.07, 6.45) is 3.24. The number of aromatic hydroxyl groups is 1. The summed E-state index contributed by atoms with van der Waals surface area (Å²) >= 11 is 0. The zero-order valence-electron chi connectivity index (χ0n) is 5.20. The van der Waals surface area contributed by atoms with Crippen LogP contribution in [0.15, 0.2) is 24.7 Å². The molecule has 1 heterocycles. The Bertz CT molecular complexity index is 315. The van der Waals surface area contributed by atoms with Crippen molar-refractivity contribution in [3.05, 3.63) is 24.7 Å². The Hall–Kier alpha value is -1.51. The van der Waals surface area contributed by atoms with Crippen molar-refractivity contribution >= 4 is 0 Å². The van der Waals surface area contributed by atoms with Crippen LogP contribution in [0, 0.1) is 0 Å². The third-order valence-corrected chi connectivity index (χ3v) is 1.46. The molecule has 2 N–H and O–H groups in total. The minimum absolute atomic E-state index is 0.275. The van der Waals surface area contributed by atoms with Gasteiger partial charge in [-0.25, -0.2) is 4.98 Å². The van der Waals surface area contributed by atoms with Crippen LogP contribution in [-0.4, -0.2) is 15.1 Å². The smallest absolute Gasteiger partial charge is 0.139 e. The number of H-pyrrole nitrogens is 1. The molecule has 0 atom stereocenters. The predicted molar refractivity (Wildman–Crippen MR) is 36.9 cm³/mol. The van der Waals surface area contributed by atoms with Gasteiger partial charge >= 0.3 is 0 Å². The summed E-state index contributed by atoms with van der Waals surface area (Å²) < 4.78 is 0. The zero-order chi connectivity index (χ0) is 6.97. The number of rotatable bonds is 0. The molecule has 0 spiro atoms. The molecule has 3 nitrogen and oxygen atoms in total. The maximum absolute atomic E-state index is 9.15. The lowest BCUT2D eigenvalue weighted by molar-refractivity contribution is 0.477. The van der Waals surface area contributed by atoms with Gasteiger partial charge in [0.25, 0.3) is 0 Å². The molecule has 10 heavy (non-hydrogen) atoms. The molecule has 0 aromatic heterocycles. The molecule has 2 aliphatic rings. The molecule has 50 valence electrons. The Morgan fingerprint density at radius 1 is 1.40 bits per heavy atom. The summed E-state index contributed by atoms with van der Waals surface area (Å²) in [5.74, 6) is 0.275. The molecule has 1 aliphatic carbocycles. The van der Waals surface area contributed by atoms with E-state index in [1.807, 2.05) is 6.07 Å². The van der Waals surface area contributed by atoms with Gasteiger partial charge in [0.1, 0.15) is 5.75 Å². The van der Waals surface area contributed by atoms with Crippen LogP contribution in [0.1, 0.15) is 0 Å². The largest absolute Gasteiger partial charge is 0.506 e. The molecule has 2 rings (SSSR count). The van der Waals surface area contributed by atoms with Gasteiger partial charge in [-0.05, 0) is 12.1 Å². The molecule has 0 aromatic carbocycles. The Morgan fingerprint density at radius 3 is 3.10 bits per heavy atom. The maximum Gasteiger partial charge on any atom is 0.139 e. The van der Waals surface area contributed by atoms with Gasteiger partial charge in [-0.15, -0.1) is 0 Å². The van der Waals surface area contributed by atoms with Crippen LogP contribution >= 0.6 is 0 Å². The summed E-state index contributed by atoms with van der Waals surface area (Å²) in [5.41, 5.74) is 1.68. The normalized spacial score (nSPS) is 10.4. The Labute approximate surface area is 57.7 Å². The summed E-state index contributed by atoms with van der Waals surface area (Å²) in [5, 5.41) is 9.15. The summed E-state index contributed by atoms with van der Waals surface area (Å²) in [4.78, 5) is 6.70. The van der Waals surface area contributed by atoms with E-state index in [-0.39, 0.29) is 5.75 Å². The number of nitrogens with one attached hydrogen (secondary N) is 1. The highest BCUT2D eigenvalue weighted by Crippen LogP contribution is 2.28. The second kappa shape index (κ2) is 1.73. The van der Waals surface area contributed by atoms with Crippen LogP contribution in [0.2, 0.25) is 0 Å². The minimum Gasteiger partial charge on any atom is -0.506 e. The lowest BCUT2D eigenvalue weighted by Gasteiger charge is -1.95. The Kier molecular flexibility index (Phi) is 0.917. The number of aromatic amines is 1. The van der Waals surface area contributed by atoms with Crippen molar-refractivity contribution in [3.8, 4) is 17.0 Å². The fraction of sp³-hybridized carbons (Fsp3) is 0. The van der Waals surface area contributed by atoms with Gasteiger partial charge < -0.3 is 10.1 Å². The minimum atomic E-state index is 0.275. The van der Waals surface area contributed by atoms with E-state index in [9.17, 15) is 0 Å². The second-order valence-corrected chi connectivity index (χ2v) is 2.10. The molecule has 0 amide bonds. The average molecular weight is 134 g/mol. The first kappa shape index (κ1) is 5.29. The van der Waals surface area contributed by atoms with Gasteiger partial charge in [0.2, 0.25) is 0 Å². The standard InChI is InChI=1S/C7H6N2O/c10-6-2-1-5-3-8-4-9-7(5)6/h1-4,10H,(H,8,9). The maximum atomic E-state index is 9.15. The van der Waals surface area contributed by atoms with Crippen LogP contribution < -0.4 is 0 Å². The number of fused-ring (bicyclic) bond motifs is 1. The van der Waals surface area contributed by atoms with E-state index >= 15 is 0 Å². The lowest BCUT2D eigenvalue weighted by atomic mass is 10.3. The fourth-order valence-electron chi connectivity index (χ4n) is 0.968. The van der Waals surface area contributed by atoms with E-state index in [0.29, 0.717) is 0 Å². The number of nitrogens with zero attached hydrogens (tertiary/aromatic N) is 1. The van der Waals surface area contributed by atoms with Gasteiger partial charge in [-0.2, -0.15) is 0 Å². The molecular weight excluding hydrogens is 128 g/mol. The first-order valence-corrected chi connectivity index (χ1v) is 2.98. The topological polar surface area (TPSA) is 48.9 Å². The van der Waals surface area contributed by atoms with E-state index < -0.39 is 0 Å². The third-order valence-electron chi connectivity index (χ3n) is 1.46. The molecule has 3 heteroatoms. The van der Waals surface area contributed by atoms with Crippen molar-refractivity contribution in [2.45, 2.75) is 0 Å². The molecule has 0 saturated carbocycles. The van der Waals surface area contributed by atoms with E-state index in [0.717, 1.165) is 11.3 Å². The van der Waals surface area contributed by atoms with Gasteiger partial charge in [0, 0.05) is 11.8 Å². The summed E-state index contributed by atoms with van der Waals surface area (Å²) in [6.45, 7) is 0. The van der Waals surface area contributed by atoms with Crippen molar-refractivity contribution in [2.75, 3.05) is 0 Å². The van der Waals surface area contributed by atoms with Crippen molar-refractivity contribution in [3.63, 3.8) is 0 Å². The Balaban J connectivity index is 2.78. The van der Waals surface area contributed by atoms with Gasteiger partial charge in [0.05, 0.1) is 12.0 Å². The van der Waals surface area contributed by atoms with Gasteiger partial charge in [-0.1, -0.05) is 0 Å². The van der Waals surface area contributed by atoms with Crippen LogP contribution in [0.3, 0.4) is 0 Å². The molecule has 0 aromatic rings. The average Bonchev–Trinajstić information content (AvgIpc) is 2.34. The van der Waals surface area contributed by atoms with Crippen LogP contribution in [0.25, 0.3) is 11.3 Å². The molecule has 0 saturated heterocycles. The SMILES string of the molecule is Oc1ccc2cnc[nH]c1-2. The van der Waals surface area contributed by atoms with E-state index in [1.165, 1.54) is 0 Å². The molecule has 1 aliphatic heterocycles. The van der Waals surface area contributed by atoms with E-state index in [2.05, 4.69) is 9.97 Å². The zero-order valence-corrected chi connectivity index (χ0v) is 5.20. The van der Waals surface area contributed by atoms with Gasteiger partial charge in [-0.3, -0.25) is 0 Å². The number of hydrogen-bond acceptors (Lipinski definition) is 2. The summed E-state index contributed by atoms with van der Waals surface area (Å²) in [7, 11) is 0. The van der Waals surface area contributed by atoms with Gasteiger partial charge in [0.15, 0.2) is 0 Å². The number of hydrogen-bond donors (Lipinski definition) is 2. The molecule has 0 bridgehead atoms. The lowest BCUT2D eigenvalue weighted by Crippen LogP contribution is -1.81. The highest BCUT2D eigenvalue weighted by atomic mass is 16.3. The highest BCUT2D eigenvalue weighted by Gasteiger charge is 2.06. The Morgan fingerprint density at radius 2 is 2.30 bits per heavy atom. The van der Waals surface area contributed by atoms with E-state index in [1.54, 1.807) is 18.6 Å². The monoisotopic (exact) mass is 134 g/mol. The second-order valence-electron chi connectivity index (χ2n) is 2.10. The summed E-state index contributed by atoms with van der Waals surface area (Å²) in [6, 6.07) is 3.46. The molecule has 0 fully saturated rings. The highest BCUT2D eigenvalue weighted by molar-refractivity contribution is 5.68. The van der Waals surface area contributed by atoms with Crippen molar-refractivity contribution in [2.24, 2.45) is 0 Å². The molecule has 0 radical (unpaired) electrons. The van der Waals surface area contributed by atoms with Crippen LogP contribution in [-0.2, 0) is 0 Å². The third kappa shape index (κ3) is 0.572. The molecular formula is C7H6N2O. The first-order chi connectivity index (χ1) is 4.88. The van der Waals surface area contributed by atoms with Crippen LogP contribution in [0.5, 0.6) is 5.75 Å². The molecule has 0 unspecified atom stereocenters. The predicted octanol–water partition coefficient (Wildman–Crippen LogP) is 1.22. The van der Waals surface area contributed by atoms with Crippen LogP contribution in [0.4, 0.5) is 0 Å². The van der Waals surface area contributed by atoms with Crippen molar-refractivity contribution in [1.29, 1.82) is 0 Å². The fourth-order valence-corrected chi connectivity index (χ4v) is 0.968. The quantitative estimate of drug-likeness (QED) is 0.569. The van der Waals surface area contributed by atoms with E-state index in [4.69, 9.17) is 5.11 Å². The van der Waals surface area contributed by atoms with Crippen molar-refractivity contribution < 1.29 is 5.11 Å². The van der Waals surface area contributed by atoms with Crippen molar-refractivity contribution in [1.82, 2.24) is 9.97 Å².